The molecule has 0 saturated heterocycles. The van der Waals surface area contributed by atoms with Crippen molar-refractivity contribution < 1.29 is 19.5 Å². The van der Waals surface area contributed by atoms with Gasteiger partial charge in [-0.25, -0.2) is 0 Å². The van der Waals surface area contributed by atoms with Crippen LogP contribution < -0.4 is 0 Å². The summed E-state index contributed by atoms with van der Waals surface area (Å²) in [6, 6.07) is 0. The van der Waals surface area contributed by atoms with E-state index in [2.05, 4.69) is 27.7 Å². The van der Waals surface area contributed by atoms with E-state index in [0.29, 0.717) is 0 Å². The van der Waals surface area contributed by atoms with Gasteiger partial charge in [0.05, 0.1) is 0 Å². The zero-order chi connectivity index (χ0) is 11.8. The molecule has 0 bridgehead atoms. The number of hydrogen-bond donors (Lipinski definition) is 0. The molecule has 0 fully saturated rings. The average Bonchev–Trinajstić information content (AvgIpc) is 2.20. The molecule has 0 atom stereocenters. The quantitative estimate of drug-likeness (QED) is 0.506. The van der Waals surface area contributed by atoms with E-state index >= 15 is 0 Å². The molecule has 0 saturated carbocycles. The molecule has 94 valence electrons. The van der Waals surface area contributed by atoms with Gasteiger partial charge in [-0.2, -0.15) is 0 Å². The minimum absolute atomic E-state index is 1.32. The summed E-state index contributed by atoms with van der Waals surface area (Å²) in [5.74, 6) is 0. The second kappa shape index (κ2) is 7.11. The van der Waals surface area contributed by atoms with Crippen LogP contribution in [0.4, 0.5) is 0 Å². The molecule has 0 aliphatic carbocycles. The van der Waals surface area contributed by atoms with E-state index in [4.69, 9.17) is 3.24 Å². The Morgan fingerprint density at radius 2 is 0.933 bits per heavy atom. The third-order valence-electron chi connectivity index (χ3n) is 3.67. The molecule has 0 aromatic carbocycles. The molecule has 2 heteroatoms. The van der Waals surface area contributed by atoms with Crippen LogP contribution in [-0.4, -0.2) is 7.11 Å². The van der Waals surface area contributed by atoms with Crippen LogP contribution in [0, 0.1) is 0 Å². The Kier molecular flexibility index (Phi) is 7.44. The summed E-state index contributed by atoms with van der Waals surface area (Å²) in [6.45, 7) is 9.31. The van der Waals surface area contributed by atoms with Crippen molar-refractivity contribution >= 4 is 0 Å². The normalized spacial score (nSPS) is 14.9. The molecule has 0 aromatic rings. The van der Waals surface area contributed by atoms with Gasteiger partial charge in [0.2, 0.25) is 0 Å². The van der Waals surface area contributed by atoms with Gasteiger partial charge >= 0.3 is 98.5 Å². The van der Waals surface area contributed by atoms with Crippen LogP contribution in [0.25, 0.3) is 0 Å². The van der Waals surface area contributed by atoms with Crippen LogP contribution in [-0.2, 0) is 19.5 Å². The zero-order valence-electron chi connectivity index (χ0n) is 11.5. The van der Waals surface area contributed by atoms with Gasteiger partial charge in [-0.05, 0) is 0 Å². The van der Waals surface area contributed by atoms with E-state index in [-0.39, 0.29) is 0 Å². The van der Waals surface area contributed by atoms with Gasteiger partial charge in [0.15, 0.2) is 0 Å². The van der Waals surface area contributed by atoms with E-state index in [1.807, 2.05) is 7.11 Å². The fourth-order valence-corrected chi connectivity index (χ4v) is 27.0. The summed E-state index contributed by atoms with van der Waals surface area (Å²) in [5, 5.41) is 0. The van der Waals surface area contributed by atoms with Crippen LogP contribution in [0.1, 0.15) is 53.4 Å². The summed E-state index contributed by atoms with van der Waals surface area (Å²) in [6.07, 6.45) is 5.28. The van der Waals surface area contributed by atoms with Crippen molar-refractivity contribution in [1.29, 1.82) is 0 Å². The second-order valence-corrected chi connectivity index (χ2v) is 26.0. The van der Waals surface area contributed by atoms with Gasteiger partial charge in [0.25, 0.3) is 0 Å². The third-order valence-corrected chi connectivity index (χ3v) is 30.1. The molecular formula is C13H31OTa. The van der Waals surface area contributed by atoms with Crippen LogP contribution >= 0.6 is 0 Å². The van der Waals surface area contributed by atoms with E-state index in [9.17, 15) is 0 Å². The molecule has 0 radical (unpaired) electrons. The van der Waals surface area contributed by atoms with E-state index in [1.54, 1.807) is 0 Å². The molecule has 1 nitrogen and oxygen atoms in total. The maximum absolute atomic E-state index is 6.30. The van der Waals surface area contributed by atoms with Crippen molar-refractivity contribution in [2.45, 2.75) is 71.9 Å². The number of rotatable bonds is 9. The average molecular weight is 384 g/mol. The van der Waals surface area contributed by atoms with E-state index < -0.39 is 16.2 Å². The SMILES string of the molecule is CC[CH2][Ta]([CH2]CC)([CH2]CC)([CH2]CC)[O]C. The Morgan fingerprint density at radius 1 is 0.667 bits per heavy atom. The van der Waals surface area contributed by atoms with Crippen molar-refractivity contribution in [2.24, 2.45) is 0 Å². The first kappa shape index (κ1) is 15.7. The van der Waals surface area contributed by atoms with E-state index in [1.165, 1.54) is 44.2 Å². The second-order valence-electron chi connectivity index (χ2n) is 4.94. The van der Waals surface area contributed by atoms with E-state index in [0.717, 1.165) is 0 Å². The van der Waals surface area contributed by atoms with Crippen LogP contribution in [0.15, 0.2) is 0 Å². The minimum atomic E-state index is -2.81. The summed E-state index contributed by atoms with van der Waals surface area (Å²) < 4.78 is 12.0. The van der Waals surface area contributed by atoms with Gasteiger partial charge in [0.1, 0.15) is 0 Å². The fraction of sp³-hybridized carbons (Fsp3) is 1.00. The Balaban J connectivity index is 4.97. The Bertz CT molecular complexity index is 132. The first-order valence-corrected chi connectivity index (χ1v) is 17.1. The summed E-state index contributed by atoms with van der Waals surface area (Å²) in [4.78, 5) is 0. The molecule has 0 rings (SSSR count). The van der Waals surface area contributed by atoms with Crippen molar-refractivity contribution in [1.82, 2.24) is 0 Å². The van der Waals surface area contributed by atoms with Crippen molar-refractivity contribution in [3.8, 4) is 0 Å². The third kappa shape index (κ3) is 3.89. The summed E-state index contributed by atoms with van der Waals surface area (Å²) >= 11 is -2.81. The molecule has 0 unspecified atom stereocenters. The molecule has 0 aliphatic heterocycles. The molecule has 0 aromatic heterocycles. The van der Waals surface area contributed by atoms with Crippen LogP contribution in [0.3, 0.4) is 0 Å². The molecule has 0 aliphatic rings. The first-order valence-electron chi connectivity index (χ1n) is 6.68. The maximum atomic E-state index is 6.30. The van der Waals surface area contributed by atoms with Gasteiger partial charge < -0.3 is 0 Å². The molecule has 0 amide bonds. The zero-order valence-corrected chi connectivity index (χ0v) is 14.7. The molecule has 0 N–H and O–H groups in total. The van der Waals surface area contributed by atoms with Crippen molar-refractivity contribution in [3.05, 3.63) is 0 Å². The Labute approximate surface area is 98.4 Å². The first-order chi connectivity index (χ1) is 7.12. The molecule has 0 heterocycles. The predicted octanol–water partition coefficient (Wildman–Crippen LogP) is 5.55. The van der Waals surface area contributed by atoms with Gasteiger partial charge in [-0.15, -0.1) is 0 Å². The Hall–Kier alpha value is 0.700. The summed E-state index contributed by atoms with van der Waals surface area (Å²) in [7, 11) is 2.02. The van der Waals surface area contributed by atoms with Crippen molar-refractivity contribution in [3.63, 3.8) is 0 Å². The van der Waals surface area contributed by atoms with Gasteiger partial charge in [-0.3, -0.25) is 0 Å². The topological polar surface area (TPSA) is 9.23 Å². The monoisotopic (exact) mass is 384 g/mol. The Morgan fingerprint density at radius 3 is 1.07 bits per heavy atom. The van der Waals surface area contributed by atoms with Gasteiger partial charge in [0, 0.05) is 0 Å². The molecule has 15 heavy (non-hydrogen) atoms. The standard InChI is InChI=1S/4C3H7.CH3O.Ta/c4*1-3-2;1-2;/h4*1,3H2,2H3;1H3;/q;;;;-1;+1. The molecule has 0 spiro atoms. The fourth-order valence-electron chi connectivity index (χ4n) is 3.30. The van der Waals surface area contributed by atoms with Crippen LogP contribution in [0.2, 0.25) is 18.6 Å². The summed E-state index contributed by atoms with van der Waals surface area (Å²) in [5.41, 5.74) is 0. The number of hydrogen-bond acceptors (Lipinski definition) is 1. The predicted molar refractivity (Wildman–Crippen MR) is 67.4 cm³/mol. The van der Waals surface area contributed by atoms with Gasteiger partial charge in [-0.1, -0.05) is 0 Å². The molecular weight excluding hydrogens is 353 g/mol. The van der Waals surface area contributed by atoms with Crippen molar-refractivity contribution in [2.75, 3.05) is 7.11 Å². The van der Waals surface area contributed by atoms with Crippen LogP contribution in [0.5, 0.6) is 0 Å².